The Kier molecular flexibility index (Phi) is 5.32. The summed E-state index contributed by atoms with van der Waals surface area (Å²) >= 11 is 0. The molecule has 1 radical (unpaired) electrons. The van der Waals surface area contributed by atoms with E-state index < -0.39 is 24.6 Å². The van der Waals surface area contributed by atoms with E-state index in [2.05, 4.69) is 5.32 Å². The Bertz CT molecular complexity index is 367. The molecule has 0 aliphatic carbocycles. The van der Waals surface area contributed by atoms with Gasteiger partial charge in [-0.1, -0.05) is 30.3 Å². The number of carbonyl (C=O) groups excluding carboxylic acids is 2. The van der Waals surface area contributed by atoms with E-state index in [0.717, 1.165) is 5.56 Å². The van der Waals surface area contributed by atoms with Crippen LogP contribution in [0.25, 0.3) is 0 Å². The van der Waals surface area contributed by atoms with Crippen molar-refractivity contribution < 1.29 is 14.7 Å². The van der Waals surface area contributed by atoms with E-state index in [4.69, 9.17) is 10.8 Å². The standard InChI is InChI=1S/C12H15N2O3/c13-11(6-9-4-2-1-3-5-9)12(17)14-10(7-15)8-16/h1-5,10-11,15H,6-7,13H2,(H,14,17). The molecule has 1 rings (SSSR count). The number of carbonyl (C=O) groups is 1. The fourth-order valence-electron chi connectivity index (χ4n) is 1.35. The van der Waals surface area contributed by atoms with Crippen LogP contribution >= 0.6 is 0 Å². The van der Waals surface area contributed by atoms with Crippen LogP contribution in [0.4, 0.5) is 0 Å². The summed E-state index contributed by atoms with van der Waals surface area (Å²) in [4.78, 5) is 21.9. The highest BCUT2D eigenvalue weighted by Gasteiger charge is 2.17. The van der Waals surface area contributed by atoms with Crippen molar-refractivity contribution in [1.82, 2.24) is 5.32 Å². The maximum absolute atomic E-state index is 11.5. The molecule has 0 spiro atoms. The summed E-state index contributed by atoms with van der Waals surface area (Å²) in [6.07, 6.45) is 1.89. The highest BCUT2D eigenvalue weighted by molar-refractivity contribution is 5.84. The van der Waals surface area contributed by atoms with Crippen LogP contribution in [0.3, 0.4) is 0 Å². The average molecular weight is 235 g/mol. The van der Waals surface area contributed by atoms with E-state index in [-0.39, 0.29) is 0 Å². The monoisotopic (exact) mass is 235 g/mol. The second-order valence-electron chi connectivity index (χ2n) is 3.66. The maximum Gasteiger partial charge on any atom is 0.237 e. The van der Waals surface area contributed by atoms with E-state index in [1.54, 1.807) is 0 Å². The van der Waals surface area contributed by atoms with Crippen molar-refractivity contribution in [2.45, 2.75) is 18.5 Å². The van der Waals surface area contributed by atoms with Gasteiger partial charge < -0.3 is 16.2 Å². The van der Waals surface area contributed by atoms with Crippen LogP contribution in [0, 0.1) is 0 Å². The van der Waals surface area contributed by atoms with Gasteiger partial charge in [-0.15, -0.1) is 0 Å². The maximum atomic E-state index is 11.5. The first-order chi connectivity index (χ1) is 8.17. The van der Waals surface area contributed by atoms with Gasteiger partial charge >= 0.3 is 0 Å². The summed E-state index contributed by atoms with van der Waals surface area (Å²) < 4.78 is 0. The summed E-state index contributed by atoms with van der Waals surface area (Å²) in [5.41, 5.74) is 6.62. The van der Waals surface area contributed by atoms with Crippen molar-refractivity contribution in [3.8, 4) is 0 Å². The Hall–Kier alpha value is -1.72. The lowest BCUT2D eigenvalue weighted by Gasteiger charge is -2.14. The fraction of sp³-hybridized carbons (Fsp3) is 0.333. The van der Waals surface area contributed by atoms with Crippen molar-refractivity contribution in [3.05, 3.63) is 35.9 Å². The molecule has 1 aromatic carbocycles. The zero-order chi connectivity index (χ0) is 12.7. The molecule has 1 aromatic rings. The molecule has 0 aliphatic heterocycles. The van der Waals surface area contributed by atoms with Crippen LogP contribution in [0.5, 0.6) is 0 Å². The molecule has 2 atom stereocenters. The molecule has 0 heterocycles. The molecule has 0 aliphatic rings. The lowest BCUT2D eigenvalue weighted by molar-refractivity contribution is -0.122. The smallest absolute Gasteiger partial charge is 0.237 e. The normalized spacial score (nSPS) is 13.8. The highest BCUT2D eigenvalue weighted by atomic mass is 16.3. The molecule has 0 fully saturated rings. The SMILES string of the molecule is NC(Cc1ccccc1)C(=O)NC([C]=O)CO. The van der Waals surface area contributed by atoms with Crippen molar-refractivity contribution in [1.29, 1.82) is 0 Å². The van der Waals surface area contributed by atoms with Crippen LogP contribution in [-0.4, -0.2) is 36.0 Å². The van der Waals surface area contributed by atoms with Gasteiger partial charge in [0.05, 0.1) is 12.6 Å². The van der Waals surface area contributed by atoms with Crippen molar-refractivity contribution in [3.63, 3.8) is 0 Å². The minimum atomic E-state index is -1.01. The molecule has 5 nitrogen and oxygen atoms in total. The number of amides is 1. The molecular weight excluding hydrogens is 220 g/mol. The largest absolute Gasteiger partial charge is 0.394 e. The number of rotatable bonds is 6. The van der Waals surface area contributed by atoms with Gasteiger partial charge in [-0.2, -0.15) is 0 Å². The zero-order valence-electron chi connectivity index (χ0n) is 9.30. The summed E-state index contributed by atoms with van der Waals surface area (Å²) in [6.45, 7) is -0.479. The zero-order valence-corrected chi connectivity index (χ0v) is 9.30. The first kappa shape index (κ1) is 13.3. The Morgan fingerprint density at radius 1 is 1.41 bits per heavy atom. The summed E-state index contributed by atoms with van der Waals surface area (Å²) in [7, 11) is 0. The van der Waals surface area contributed by atoms with Crippen LogP contribution < -0.4 is 11.1 Å². The predicted octanol–water partition coefficient (Wildman–Crippen LogP) is -0.857. The van der Waals surface area contributed by atoms with Crippen molar-refractivity contribution in [2.75, 3.05) is 6.61 Å². The van der Waals surface area contributed by atoms with E-state index in [0.29, 0.717) is 6.42 Å². The van der Waals surface area contributed by atoms with Gasteiger partial charge in [-0.3, -0.25) is 9.59 Å². The van der Waals surface area contributed by atoms with Gasteiger partial charge in [-0.25, -0.2) is 0 Å². The highest BCUT2D eigenvalue weighted by Crippen LogP contribution is 2.01. The second-order valence-corrected chi connectivity index (χ2v) is 3.66. The third kappa shape index (κ3) is 4.34. The van der Waals surface area contributed by atoms with Crippen LogP contribution in [0.2, 0.25) is 0 Å². The molecule has 0 aromatic heterocycles. The minimum absolute atomic E-state index is 0.379. The van der Waals surface area contributed by atoms with Gasteiger partial charge in [0, 0.05) is 0 Å². The Morgan fingerprint density at radius 3 is 2.59 bits per heavy atom. The third-order valence-electron chi connectivity index (χ3n) is 2.28. The molecule has 4 N–H and O–H groups in total. The lowest BCUT2D eigenvalue weighted by atomic mass is 10.1. The second kappa shape index (κ2) is 6.78. The third-order valence-corrected chi connectivity index (χ3v) is 2.28. The predicted molar refractivity (Wildman–Crippen MR) is 62.8 cm³/mol. The lowest BCUT2D eigenvalue weighted by Crippen LogP contribution is -2.48. The number of nitrogens with one attached hydrogen (secondary N) is 1. The Balaban J connectivity index is 2.50. The molecule has 0 saturated heterocycles. The van der Waals surface area contributed by atoms with E-state index in [1.165, 1.54) is 6.29 Å². The quantitative estimate of drug-likeness (QED) is 0.598. The van der Waals surface area contributed by atoms with Gasteiger partial charge in [0.1, 0.15) is 6.04 Å². The minimum Gasteiger partial charge on any atom is -0.394 e. The van der Waals surface area contributed by atoms with Crippen LogP contribution in [0.1, 0.15) is 5.56 Å². The average Bonchev–Trinajstić information content (AvgIpc) is 2.36. The number of hydrogen-bond acceptors (Lipinski definition) is 4. The van der Waals surface area contributed by atoms with Gasteiger partial charge in [0.15, 0.2) is 0 Å². The molecule has 1 amide bonds. The molecule has 91 valence electrons. The summed E-state index contributed by atoms with van der Waals surface area (Å²) in [5, 5.41) is 11.0. The molecular formula is C12H15N2O3. The van der Waals surface area contributed by atoms with Crippen LogP contribution in [-0.2, 0) is 16.0 Å². The number of hydrogen-bond donors (Lipinski definition) is 3. The van der Waals surface area contributed by atoms with E-state index >= 15 is 0 Å². The van der Waals surface area contributed by atoms with Crippen molar-refractivity contribution in [2.24, 2.45) is 5.73 Å². The summed E-state index contributed by atoms with van der Waals surface area (Å²) in [6, 6.07) is 7.55. The van der Waals surface area contributed by atoms with E-state index in [1.807, 2.05) is 30.3 Å². The van der Waals surface area contributed by atoms with Gasteiger partial charge in [0.2, 0.25) is 12.2 Å². The number of aliphatic hydroxyl groups is 1. The molecule has 17 heavy (non-hydrogen) atoms. The first-order valence-corrected chi connectivity index (χ1v) is 5.25. The molecule has 0 bridgehead atoms. The van der Waals surface area contributed by atoms with Crippen LogP contribution in [0.15, 0.2) is 30.3 Å². The Morgan fingerprint density at radius 2 is 2.06 bits per heavy atom. The van der Waals surface area contributed by atoms with Gasteiger partial charge in [0.25, 0.3) is 0 Å². The fourth-order valence-corrected chi connectivity index (χ4v) is 1.35. The first-order valence-electron chi connectivity index (χ1n) is 5.25. The topological polar surface area (TPSA) is 92.4 Å². The van der Waals surface area contributed by atoms with E-state index in [9.17, 15) is 9.59 Å². The molecule has 2 unspecified atom stereocenters. The molecule has 0 saturated carbocycles. The van der Waals surface area contributed by atoms with Crippen molar-refractivity contribution >= 4 is 12.2 Å². The van der Waals surface area contributed by atoms with Gasteiger partial charge in [-0.05, 0) is 12.0 Å². The number of benzene rings is 1. The summed E-state index contributed by atoms with van der Waals surface area (Å²) in [5.74, 6) is -0.476. The molecule has 5 heteroatoms. The Labute approximate surface area is 99.6 Å². The number of aliphatic hydroxyl groups excluding tert-OH is 1. The number of nitrogens with two attached hydrogens (primary N) is 1.